The second kappa shape index (κ2) is 5.85. The quantitative estimate of drug-likeness (QED) is 0.852. The van der Waals surface area contributed by atoms with Crippen LogP contribution in [-0.2, 0) is 25.8 Å². The smallest absolute Gasteiger partial charge is 0.0921 e. The second-order valence-electron chi connectivity index (χ2n) is 4.56. The van der Waals surface area contributed by atoms with Gasteiger partial charge in [-0.05, 0) is 19.3 Å². The van der Waals surface area contributed by atoms with Crippen LogP contribution in [0.5, 0.6) is 0 Å². The van der Waals surface area contributed by atoms with E-state index >= 15 is 0 Å². The highest BCUT2D eigenvalue weighted by Crippen LogP contribution is 2.19. The van der Waals surface area contributed by atoms with Gasteiger partial charge in [0.2, 0.25) is 0 Å². The average Bonchev–Trinajstić information content (AvgIpc) is 2.98. The third-order valence-electron chi connectivity index (χ3n) is 3.28. The fourth-order valence-corrected chi connectivity index (χ4v) is 2.44. The highest BCUT2D eigenvalue weighted by atomic mass is 15.3. The summed E-state index contributed by atoms with van der Waals surface area (Å²) in [6, 6.07) is 0. The zero-order valence-electron chi connectivity index (χ0n) is 11.5. The lowest BCUT2D eigenvalue weighted by Gasteiger charge is -2.06. The number of aromatic amines is 1. The lowest BCUT2D eigenvalue weighted by Crippen LogP contribution is -2.05. The molecule has 0 aliphatic heterocycles. The number of hydrogen-bond acceptors (Lipinski definition) is 2. The van der Waals surface area contributed by atoms with E-state index in [1.165, 1.54) is 17.0 Å². The van der Waals surface area contributed by atoms with Gasteiger partial charge in [0.1, 0.15) is 0 Å². The molecule has 2 aromatic heterocycles. The molecule has 0 bridgehead atoms. The van der Waals surface area contributed by atoms with E-state index in [9.17, 15) is 0 Å². The molecule has 0 atom stereocenters. The van der Waals surface area contributed by atoms with Crippen molar-refractivity contribution in [3.05, 3.63) is 35.2 Å². The van der Waals surface area contributed by atoms with Crippen molar-refractivity contribution in [3.63, 3.8) is 0 Å². The van der Waals surface area contributed by atoms with Gasteiger partial charge in [0.15, 0.2) is 0 Å². The van der Waals surface area contributed by atoms with Gasteiger partial charge in [0.25, 0.3) is 0 Å². The van der Waals surface area contributed by atoms with E-state index in [0.717, 1.165) is 37.9 Å². The largest absolute Gasteiger partial charge is 0.348 e. The minimum atomic E-state index is 0.913. The Morgan fingerprint density at radius 3 is 2.61 bits per heavy atom. The van der Waals surface area contributed by atoms with Crippen molar-refractivity contribution < 1.29 is 0 Å². The Bertz CT molecular complexity index is 482. The van der Waals surface area contributed by atoms with Gasteiger partial charge < -0.3 is 4.98 Å². The predicted octanol–water partition coefficient (Wildman–Crippen LogP) is 2.73. The highest BCUT2D eigenvalue weighted by Gasteiger charge is 2.15. The molecule has 0 aromatic carbocycles. The Morgan fingerprint density at radius 1 is 1.22 bits per heavy atom. The molecule has 0 fully saturated rings. The molecule has 0 amide bonds. The summed E-state index contributed by atoms with van der Waals surface area (Å²) >= 11 is 0. The Hall–Kier alpha value is -1.58. The number of rotatable bonds is 6. The summed E-state index contributed by atoms with van der Waals surface area (Å²) in [6.07, 6.45) is 7.71. The van der Waals surface area contributed by atoms with Crippen LogP contribution in [0, 0.1) is 0 Å². The second-order valence-corrected chi connectivity index (χ2v) is 4.56. The fraction of sp³-hybridized carbons (Fsp3) is 0.571. The van der Waals surface area contributed by atoms with Crippen LogP contribution in [-0.4, -0.2) is 19.7 Å². The van der Waals surface area contributed by atoms with E-state index in [1.807, 2.05) is 6.20 Å². The molecule has 18 heavy (non-hydrogen) atoms. The summed E-state index contributed by atoms with van der Waals surface area (Å²) in [5, 5.41) is 4.75. The van der Waals surface area contributed by atoms with Crippen LogP contribution in [0.2, 0.25) is 0 Å². The van der Waals surface area contributed by atoms with E-state index in [0.29, 0.717) is 0 Å². The maximum atomic E-state index is 4.75. The fourth-order valence-electron chi connectivity index (χ4n) is 2.44. The van der Waals surface area contributed by atoms with Gasteiger partial charge in [-0.2, -0.15) is 5.10 Å². The first kappa shape index (κ1) is 12.9. The normalized spacial score (nSPS) is 11.1. The average molecular weight is 246 g/mol. The maximum Gasteiger partial charge on any atom is 0.0921 e. The first-order valence-corrected chi connectivity index (χ1v) is 6.84. The number of nitrogens with zero attached hydrogens (tertiary/aromatic N) is 3. The molecule has 0 unspecified atom stereocenters. The summed E-state index contributed by atoms with van der Waals surface area (Å²) in [6.45, 7) is 7.59. The highest BCUT2D eigenvalue weighted by molar-refractivity contribution is 5.30. The summed E-state index contributed by atoms with van der Waals surface area (Å²) in [5.74, 6) is 0. The molecule has 0 saturated heterocycles. The minimum Gasteiger partial charge on any atom is -0.348 e. The first-order valence-electron chi connectivity index (χ1n) is 6.84. The van der Waals surface area contributed by atoms with E-state index < -0.39 is 0 Å². The van der Waals surface area contributed by atoms with Crippen molar-refractivity contribution >= 4 is 0 Å². The van der Waals surface area contributed by atoms with Crippen molar-refractivity contribution in [1.29, 1.82) is 0 Å². The molecule has 0 spiro atoms. The SMILES string of the molecule is CCCn1nc(CC)c(Cc2cnc[nH]2)c1CC. The molecular formula is C14H22N4. The molecule has 4 nitrogen and oxygen atoms in total. The van der Waals surface area contributed by atoms with Crippen LogP contribution in [0.4, 0.5) is 0 Å². The molecule has 2 aromatic rings. The van der Waals surface area contributed by atoms with Gasteiger partial charge in [0, 0.05) is 36.1 Å². The molecule has 2 rings (SSSR count). The predicted molar refractivity (Wildman–Crippen MR) is 72.7 cm³/mol. The molecule has 0 radical (unpaired) electrons. The molecule has 2 heterocycles. The van der Waals surface area contributed by atoms with Gasteiger partial charge in [-0.25, -0.2) is 4.98 Å². The third-order valence-corrected chi connectivity index (χ3v) is 3.28. The van der Waals surface area contributed by atoms with Crippen LogP contribution in [0.25, 0.3) is 0 Å². The lowest BCUT2D eigenvalue weighted by molar-refractivity contribution is 0.570. The zero-order valence-corrected chi connectivity index (χ0v) is 11.5. The van der Waals surface area contributed by atoms with Crippen LogP contribution >= 0.6 is 0 Å². The number of imidazole rings is 1. The van der Waals surface area contributed by atoms with Gasteiger partial charge in [0.05, 0.1) is 12.0 Å². The van der Waals surface area contributed by atoms with E-state index in [-0.39, 0.29) is 0 Å². The maximum absolute atomic E-state index is 4.75. The molecular weight excluding hydrogens is 224 g/mol. The Kier molecular flexibility index (Phi) is 4.18. The zero-order chi connectivity index (χ0) is 13.0. The van der Waals surface area contributed by atoms with E-state index in [1.54, 1.807) is 6.33 Å². The molecule has 98 valence electrons. The Labute approximate surface area is 108 Å². The van der Waals surface area contributed by atoms with Crippen LogP contribution < -0.4 is 0 Å². The standard InChI is InChI=1S/C14H22N4/c1-4-7-18-14(6-3)12(13(5-2)17-18)8-11-9-15-10-16-11/h9-10H,4-8H2,1-3H3,(H,15,16). The molecule has 0 saturated carbocycles. The third kappa shape index (κ3) is 2.47. The first-order chi connectivity index (χ1) is 8.80. The van der Waals surface area contributed by atoms with Crippen molar-refractivity contribution in [1.82, 2.24) is 19.7 Å². The van der Waals surface area contributed by atoms with Crippen LogP contribution in [0.3, 0.4) is 0 Å². The van der Waals surface area contributed by atoms with Crippen molar-refractivity contribution in [2.24, 2.45) is 0 Å². The number of H-pyrrole nitrogens is 1. The molecule has 0 aliphatic carbocycles. The number of hydrogen-bond donors (Lipinski definition) is 1. The van der Waals surface area contributed by atoms with E-state index in [4.69, 9.17) is 5.10 Å². The van der Waals surface area contributed by atoms with Crippen LogP contribution in [0.15, 0.2) is 12.5 Å². The van der Waals surface area contributed by atoms with E-state index in [2.05, 4.69) is 35.4 Å². The molecule has 0 aliphatic rings. The summed E-state index contributed by atoms with van der Waals surface area (Å²) in [5.41, 5.74) is 5.16. The van der Waals surface area contributed by atoms with Gasteiger partial charge in [-0.1, -0.05) is 20.8 Å². The van der Waals surface area contributed by atoms with Crippen molar-refractivity contribution in [3.8, 4) is 0 Å². The molecule has 4 heteroatoms. The monoisotopic (exact) mass is 246 g/mol. The van der Waals surface area contributed by atoms with Crippen molar-refractivity contribution in [2.45, 2.75) is 53.0 Å². The lowest BCUT2D eigenvalue weighted by atomic mass is 10.0. The summed E-state index contributed by atoms with van der Waals surface area (Å²) < 4.78 is 2.19. The van der Waals surface area contributed by atoms with Crippen LogP contribution in [0.1, 0.15) is 49.8 Å². The van der Waals surface area contributed by atoms with Gasteiger partial charge in [-0.3, -0.25) is 4.68 Å². The van der Waals surface area contributed by atoms with Crippen molar-refractivity contribution in [2.75, 3.05) is 0 Å². The number of aryl methyl sites for hydroxylation is 2. The summed E-state index contributed by atoms with van der Waals surface area (Å²) in [4.78, 5) is 7.27. The van der Waals surface area contributed by atoms with Gasteiger partial charge in [-0.15, -0.1) is 0 Å². The topological polar surface area (TPSA) is 46.5 Å². The Balaban J connectivity index is 2.36. The minimum absolute atomic E-state index is 0.913. The number of nitrogens with one attached hydrogen (secondary N) is 1. The Morgan fingerprint density at radius 2 is 2.06 bits per heavy atom. The van der Waals surface area contributed by atoms with Gasteiger partial charge >= 0.3 is 0 Å². The molecule has 1 N–H and O–H groups in total. The summed E-state index contributed by atoms with van der Waals surface area (Å²) in [7, 11) is 0. The number of aromatic nitrogens is 4.